The second kappa shape index (κ2) is 10.3. The Bertz CT molecular complexity index is 490. The van der Waals surface area contributed by atoms with Gasteiger partial charge in [-0.15, -0.1) is 0 Å². The maximum Gasteiger partial charge on any atom is 0.407 e. The van der Waals surface area contributed by atoms with E-state index in [-0.39, 0.29) is 24.7 Å². The number of aromatic hydroxyl groups is 1. The number of hydrogen-bond donors (Lipinski definition) is 3. The van der Waals surface area contributed by atoms with Crippen LogP contribution in [0.15, 0.2) is 24.3 Å². The minimum absolute atomic E-state index is 0.131. The van der Waals surface area contributed by atoms with Crippen molar-refractivity contribution in [2.24, 2.45) is 0 Å². The van der Waals surface area contributed by atoms with Gasteiger partial charge < -0.3 is 25.2 Å². The molecule has 0 bridgehead atoms. The predicted octanol–water partition coefficient (Wildman–Crippen LogP) is 1.80. The van der Waals surface area contributed by atoms with E-state index in [1.807, 2.05) is 6.92 Å². The lowest BCUT2D eigenvalue weighted by Crippen LogP contribution is -2.40. The number of ether oxygens (including phenoxy) is 2. The first-order valence-electron chi connectivity index (χ1n) is 7.67. The Labute approximate surface area is 136 Å². The van der Waals surface area contributed by atoms with E-state index in [1.165, 1.54) is 12.1 Å². The minimum Gasteiger partial charge on any atom is -0.508 e. The third kappa shape index (κ3) is 7.94. The number of phenols is 1. The molecule has 0 aliphatic rings. The molecule has 0 aliphatic carbocycles. The highest BCUT2D eigenvalue weighted by Crippen LogP contribution is 2.17. The molecule has 0 aliphatic heterocycles. The molecular weight excluding hydrogens is 300 g/mol. The Kier molecular flexibility index (Phi) is 8.34. The first-order valence-corrected chi connectivity index (χ1v) is 7.67. The van der Waals surface area contributed by atoms with Crippen LogP contribution in [0.4, 0.5) is 4.79 Å². The number of phenolic OH excluding ortho intramolecular Hbond substituents is 1. The summed E-state index contributed by atoms with van der Waals surface area (Å²) in [6.07, 6.45) is 0.621. The molecule has 0 saturated carbocycles. The fraction of sp³-hybridized carbons (Fsp3) is 0.500. The van der Waals surface area contributed by atoms with Crippen LogP contribution in [0.1, 0.15) is 26.7 Å². The molecule has 7 heteroatoms. The summed E-state index contributed by atoms with van der Waals surface area (Å²) in [4.78, 5) is 23.1. The molecule has 0 aromatic heterocycles. The normalized spacial score (nSPS) is 11.4. The van der Waals surface area contributed by atoms with Gasteiger partial charge in [0.2, 0.25) is 0 Å². The molecule has 1 unspecified atom stereocenters. The first-order chi connectivity index (χ1) is 11.0. The summed E-state index contributed by atoms with van der Waals surface area (Å²) in [5.74, 6) is 0.327. The van der Waals surface area contributed by atoms with Crippen molar-refractivity contribution in [3.8, 4) is 11.5 Å². The second-order valence-electron chi connectivity index (χ2n) is 4.96. The highest BCUT2D eigenvalue weighted by molar-refractivity contribution is 5.80. The molecule has 0 spiro atoms. The van der Waals surface area contributed by atoms with Crippen molar-refractivity contribution >= 4 is 12.0 Å². The predicted molar refractivity (Wildman–Crippen MR) is 85.5 cm³/mol. The average Bonchev–Trinajstić information content (AvgIpc) is 2.53. The van der Waals surface area contributed by atoms with Crippen LogP contribution >= 0.6 is 0 Å². The first kappa shape index (κ1) is 18.6. The van der Waals surface area contributed by atoms with Gasteiger partial charge in [0.15, 0.2) is 6.10 Å². The zero-order valence-electron chi connectivity index (χ0n) is 13.5. The fourth-order valence-electron chi connectivity index (χ4n) is 1.64. The van der Waals surface area contributed by atoms with E-state index in [2.05, 4.69) is 10.6 Å². The van der Waals surface area contributed by atoms with E-state index in [1.54, 1.807) is 19.1 Å². The summed E-state index contributed by atoms with van der Waals surface area (Å²) in [7, 11) is 0. The van der Waals surface area contributed by atoms with E-state index in [9.17, 15) is 14.7 Å². The molecule has 128 valence electrons. The van der Waals surface area contributed by atoms with Crippen molar-refractivity contribution in [3.63, 3.8) is 0 Å². The van der Waals surface area contributed by atoms with Crippen molar-refractivity contribution in [2.75, 3.05) is 19.7 Å². The zero-order chi connectivity index (χ0) is 17.1. The molecule has 0 saturated heterocycles. The molecule has 0 radical (unpaired) electrons. The molecule has 3 N–H and O–H groups in total. The van der Waals surface area contributed by atoms with E-state index < -0.39 is 12.2 Å². The second-order valence-corrected chi connectivity index (χ2v) is 4.96. The van der Waals surface area contributed by atoms with Gasteiger partial charge in [-0.05, 0) is 37.6 Å². The van der Waals surface area contributed by atoms with Gasteiger partial charge in [0.05, 0.1) is 6.61 Å². The molecule has 0 heterocycles. The van der Waals surface area contributed by atoms with Gasteiger partial charge in [-0.2, -0.15) is 0 Å². The quantitative estimate of drug-likeness (QED) is 0.602. The number of carbonyl (C=O) groups is 2. The largest absolute Gasteiger partial charge is 0.508 e. The van der Waals surface area contributed by atoms with Crippen LogP contribution in [0.5, 0.6) is 11.5 Å². The van der Waals surface area contributed by atoms with Crippen LogP contribution in [0.2, 0.25) is 0 Å². The van der Waals surface area contributed by atoms with Gasteiger partial charge in [-0.1, -0.05) is 13.3 Å². The van der Waals surface area contributed by atoms with Crippen LogP contribution in [-0.4, -0.2) is 42.9 Å². The Morgan fingerprint density at radius 3 is 2.48 bits per heavy atom. The van der Waals surface area contributed by atoms with Gasteiger partial charge in [0, 0.05) is 13.1 Å². The van der Waals surface area contributed by atoms with Gasteiger partial charge in [0.1, 0.15) is 11.5 Å². The van der Waals surface area contributed by atoms with Crippen LogP contribution < -0.4 is 15.4 Å². The lowest BCUT2D eigenvalue weighted by atomic mass is 10.3. The number of alkyl carbamates (subject to hydrolysis) is 1. The van der Waals surface area contributed by atoms with Crippen LogP contribution in [0, 0.1) is 0 Å². The van der Waals surface area contributed by atoms with Crippen LogP contribution in [0.25, 0.3) is 0 Å². The molecule has 2 amide bonds. The van der Waals surface area contributed by atoms with Crippen molar-refractivity contribution in [3.05, 3.63) is 24.3 Å². The Morgan fingerprint density at radius 2 is 1.83 bits per heavy atom. The highest BCUT2D eigenvalue weighted by atomic mass is 16.5. The van der Waals surface area contributed by atoms with E-state index in [4.69, 9.17) is 9.47 Å². The van der Waals surface area contributed by atoms with E-state index in [0.717, 1.165) is 12.8 Å². The highest BCUT2D eigenvalue weighted by Gasteiger charge is 2.14. The SMILES string of the molecule is CCCCOC(=O)NCCNC(=O)C(C)Oc1ccc(O)cc1. The third-order valence-electron chi connectivity index (χ3n) is 2.94. The van der Waals surface area contributed by atoms with E-state index >= 15 is 0 Å². The van der Waals surface area contributed by atoms with Crippen molar-refractivity contribution < 1.29 is 24.2 Å². The van der Waals surface area contributed by atoms with Crippen molar-refractivity contribution in [1.29, 1.82) is 0 Å². The number of carbonyl (C=O) groups excluding carboxylic acids is 2. The Morgan fingerprint density at radius 1 is 1.17 bits per heavy atom. The summed E-state index contributed by atoms with van der Waals surface area (Å²) >= 11 is 0. The van der Waals surface area contributed by atoms with Crippen LogP contribution in [-0.2, 0) is 9.53 Å². The molecule has 0 fully saturated rings. The molecule has 1 rings (SSSR count). The third-order valence-corrected chi connectivity index (χ3v) is 2.94. The number of unbranched alkanes of at least 4 members (excludes halogenated alkanes) is 1. The molecule has 1 aromatic carbocycles. The summed E-state index contributed by atoms with van der Waals surface area (Å²) in [5, 5.41) is 14.4. The summed E-state index contributed by atoms with van der Waals surface area (Å²) in [6.45, 7) is 4.59. The number of rotatable bonds is 9. The molecule has 1 atom stereocenters. The van der Waals surface area contributed by atoms with E-state index in [0.29, 0.717) is 12.4 Å². The smallest absolute Gasteiger partial charge is 0.407 e. The minimum atomic E-state index is -0.684. The number of hydrogen-bond acceptors (Lipinski definition) is 5. The van der Waals surface area contributed by atoms with Crippen molar-refractivity contribution in [1.82, 2.24) is 10.6 Å². The van der Waals surface area contributed by atoms with Gasteiger partial charge in [0.25, 0.3) is 5.91 Å². The lowest BCUT2D eigenvalue weighted by Gasteiger charge is -2.15. The van der Waals surface area contributed by atoms with Crippen LogP contribution in [0.3, 0.4) is 0 Å². The van der Waals surface area contributed by atoms with Crippen molar-refractivity contribution in [2.45, 2.75) is 32.8 Å². The zero-order valence-corrected chi connectivity index (χ0v) is 13.5. The maximum atomic E-state index is 11.8. The van der Waals surface area contributed by atoms with Gasteiger partial charge in [-0.3, -0.25) is 4.79 Å². The lowest BCUT2D eigenvalue weighted by molar-refractivity contribution is -0.127. The average molecular weight is 324 g/mol. The summed E-state index contributed by atoms with van der Waals surface area (Å²) in [6, 6.07) is 6.11. The van der Waals surface area contributed by atoms with Gasteiger partial charge in [-0.25, -0.2) is 4.79 Å². The summed E-state index contributed by atoms with van der Waals surface area (Å²) < 4.78 is 10.4. The molecule has 1 aromatic rings. The molecule has 23 heavy (non-hydrogen) atoms. The Balaban J connectivity index is 2.17. The fourth-order valence-corrected chi connectivity index (χ4v) is 1.64. The number of nitrogens with one attached hydrogen (secondary N) is 2. The summed E-state index contributed by atoms with van der Waals surface area (Å²) in [5.41, 5.74) is 0. The number of benzene rings is 1. The standard InChI is InChI=1S/C16H24N2O5/c1-3-4-11-22-16(21)18-10-9-17-15(20)12(2)23-14-7-5-13(19)6-8-14/h5-8,12,19H,3-4,9-11H2,1-2H3,(H,17,20)(H,18,21). The topological polar surface area (TPSA) is 96.9 Å². The maximum absolute atomic E-state index is 11.8. The monoisotopic (exact) mass is 324 g/mol. The molecule has 7 nitrogen and oxygen atoms in total. The van der Waals surface area contributed by atoms with Gasteiger partial charge >= 0.3 is 6.09 Å². The molecular formula is C16H24N2O5. The Hall–Kier alpha value is -2.44. The number of amides is 2.